The van der Waals surface area contributed by atoms with Gasteiger partial charge in [0.1, 0.15) is 11.8 Å². The third kappa shape index (κ3) is 3.40. The molecule has 0 spiro atoms. The van der Waals surface area contributed by atoms with Crippen LogP contribution in [0.3, 0.4) is 0 Å². The highest BCUT2D eigenvalue weighted by Crippen LogP contribution is 2.35. The molecule has 2 fully saturated rings. The van der Waals surface area contributed by atoms with E-state index in [4.69, 9.17) is 4.74 Å². The number of benzene rings is 2. The van der Waals surface area contributed by atoms with Crippen LogP contribution in [0.1, 0.15) is 30.4 Å². The smallest absolute Gasteiger partial charge is 0.256 e. The normalized spacial score (nSPS) is 19.0. The Balaban J connectivity index is 1.57. The summed E-state index contributed by atoms with van der Waals surface area (Å²) in [6.45, 7) is 4.46. The number of amides is 3. The minimum absolute atomic E-state index is 0.0785. The van der Waals surface area contributed by atoms with Crippen molar-refractivity contribution in [3.05, 3.63) is 47.5 Å². The van der Waals surface area contributed by atoms with Gasteiger partial charge in [-0.3, -0.25) is 14.4 Å². The molecule has 0 radical (unpaired) electrons. The summed E-state index contributed by atoms with van der Waals surface area (Å²) in [5, 5.41) is 3.17. The molecule has 4 rings (SSSR count). The summed E-state index contributed by atoms with van der Waals surface area (Å²) in [5.41, 5.74) is 3.82. The van der Waals surface area contributed by atoms with E-state index in [1.54, 1.807) is 18.1 Å². The van der Waals surface area contributed by atoms with Crippen LogP contribution >= 0.6 is 0 Å². The molecule has 0 bridgehead atoms. The summed E-state index contributed by atoms with van der Waals surface area (Å²) in [6, 6.07) is 10.4. The first-order valence-electron chi connectivity index (χ1n) is 10.1. The zero-order valence-electron chi connectivity index (χ0n) is 17.4. The Morgan fingerprint density at radius 3 is 2.40 bits per heavy atom. The quantitative estimate of drug-likeness (QED) is 0.770. The number of anilines is 3. The predicted molar refractivity (Wildman–Crippen MR) is 115 cm³/mol. The first-order valence-corrected chi connectivity index (χ1v) is 10.1. The lowest BCUT2D eigenvalue weighted by molar-refractivity contribution is -0.121. The number of carbonyl (C=O) groups is 3. The van der Waals surface area contributed by atoms with Gasteiger partial charge in [0.25, 0.3) is 5.91 Å². The summed E-state index contributed by atoms with van der Waals surface area (Å²) >= 11 is 0. The fourth-order valence-electron chi connectivity index (χ4n) is 4.23. The molecular weight excluding hydrogens is 382 g/mol. The van der Waals surface area contributed by atoms with Crippen molar-refractivity contribution in [2.45, 2.75) is 39.2 Å². The molecule has 0 saturated carbocycles. The molecule has 1 atom stereocenters. The molecule has 0 aliphatic carbocycles. The van der Waals surface area contributed by atoms with Crippen molar-refractivity contribution in [1.29, 1.82) is 0 Å². The lowest BCUT2D eigenvalue weighted by Gasteiger charge is -2.21. The average Bonchev–Trinajstić information content (AvgIpc) is 3.25. The first-order chi connectivity index (χ1) is 14.4. The Kier molecular flexibility index (Phi) is 5.20. The van der Waals surface area contributed by atoms with Crippen LogP contribution in [0.15, 0.2) is 36.4 Å². The molecule has 3 amide bonds. The van der Waals surface area contributed by atoms with Gasteiger partial charge in [0.15, 0.2) is 0 Å². The molecule has 30 heavy (non-hydrogen) atoms. The molecule has 0 unspecified atom stereocenters. The molecule has 2 aliphatic rings. The van der Waals surface area contributed by atoms with Crippen LogP contribution in [0.25, 0.3) is 0 Å². The van der Waals surface area contributed by atoms with E-state index < -0.39 is 6.04 Å². The van der Waals surface area contributed by atoms with Crippen molar-refractivity contribution in [2.75, 3.05) is 28.8 Å². The number of hydrogen-bond donors (Lipinski definition) is 1. The van der Waals surface area contributed by atoms with E-state index in [2.05, 4.69) is 5.32 Å². The van der Waals surface area contributed by atoms with E-state index in [0.29, 0.717) is 30.1 Å². The second-order valence-electron chi connectivity index (χ2n) is 7.74. The van der Waals surface area contributed by atoms with Gasteiger partial charge in [0, 0.05) is 24.7 Å². The van der Waals surface area contributed by atoms with E-state index in [1.165, 1.54) is 4.90 Å². The zero-order chi connectivity index (χ0) is 21.4. The molecule has 2 heterocycles. The number of ether oxygens (including phenoxy) is 1. The number of hydrogen-bond acceptors (Lipinski definition) is 5. The highest BCUT2D eigenvalue weighted by molar-refractivity contribution is 6.23. The lowest BCUT2D eigenvalue weighted by Crippen LogP contribution is -2.35. The van der Waals surface area contributed by atoms with Crippen molar-refractivity contribution in [1.82, 2.24) is 0 Å². The van der Waals surface area contributed by atoms with Gasteiger partial charge in [-0.05, 0) is 43.5 Å². The number of nitrogens with zero attached hydrogens (tertiary/aromatic N) is 2. The fraction of sp³-hybridized carbons (Fsp3) is 0.348. The largest absolute Gasteiger partial charge is 0.494 e. The van der Waals surface area contributed by atoms with Gasteiger partial charge >= 0.3 is 0 Å². The van der Waals surface area contributed by atoms with Gasteiger partial charge in [-0.2, -0.15) is 0 Å². The van der Waals surface area contributed by atoms with E-state index in [0.717, 1.165) is 23.2 Å². The maximum Gasteiger partial charge on any atom is 0.256 e. The topological polar surface area (TPSA) is 79.0 Å². The molecule has 2 aromatic rings. The summed E-state index contributed by atoms with van der Waals surface area (Å²) < 4.78 is 5.48. The monoisotopic (exact) mass is 407 g/mol. The number of methoxy groups -OCH3 is 1. The molecule has 2 saturated heterocycles. The van der Waals surface area contributed by atoms with Crippen LogP contribution in [-0.2, 0) is 14.4 Å². The molecule has 2 aliphatic heterocycles. The second-order valence-corrected chi connectivity index (χ2v) is 7.74. The van der Waals surface area contributed by atoms with E-state index in [1.807, 2.05) is 44.2 Å². The zero-order valence-corrected chi connectivity index (χ0v) is 17.4. The third-order valence-corrected chi connectivity index (χ3v) is 5.69. The van der Waals surface area contributed by atoms with Crippen molar-refractivity contribution >= 4 is 34.8 Å². The predicted octanol–water partition coefficient (Wildman–Crippen LogP) is 3.18. The van der Waals surface area contributed by atoms with Crippen LogP contribution in [0.5, 0.6) is 5.75 Å². The van der Waals surface area contributed by atoms with Gasteiger partial charge in [0.05, 0.1) is 24.9 Å². The molecule has 7 nitrogen and oxygen atoms in total. The standard InChI is InChI=1S/C23H25N3O4/c1-14-6-4-7-15(2)22(14)26-21(28)13-17(23(26)29)24-16-9-10-18(19(12-16)30-3)25-11-5-8-20(25)27/h4,6-7,9-10,12,17,24H,5,8,11,13H2,1-3H3/t17-/m1/s1. The molecule has 1 N–H and O–H groups in total. The van der Waals surface area contributed by atoms with Crippen molar-refractivity contribution in [3.63, 3.8) is 0 Å². The van der Waals surface area contributed by atoms with Gasteiger partial charge < -0.3 is 15.0 Å². The summed E-state index contributed by atoms with van der Waals surface area (Å²) in [5.74, 6) is 0.143. The van der Waals surface area contributed by atoms with Crippen molar-refractivity contribution in [3.8, 4) is 5.75 Å². The van der Waals surface area contributed by atoms with Crippen LogP contribution in [0.4, 0.5) is 17.1 Å². The van der Waals surface area contributed by atoms with Crippen molar-refractivity contribution < 1.29 is 19.1 Å². The highest BCUT2D eigenvalue weighted by atomic mass is 16.5. The Hall–Kier alpha value is -3.35. The number of aryl methyl sites for hydroxylation is 2. The van der Waals surface area contributed by atoms with Crippen LogP contribution in [-0.4, -0.2) is 37.4 Å². The number of para-hydroxylation sites is 1. The van der Waals surface area contributed by atoms with Crippen LogP contribution < -0.4 is 19.9 Å². The van der Waals surface area contributed by atoms with Gasteiger partial charge in [-0.15, -0.1) is 0 Å². The Morgan fingerprint density at radius 1 is 1.03 bits per heavy atom. The number of rotatable bonds is 5. The highest BCUT2D eigenvalue weighted by Gasteiger charge is 2.40. The first kappa shape index (κ1) is 19.9. The van der Waals surface area contributed by atoms with E-state index in [9.17, 15) is 14.4 Å². The molecular formula is C23H25N3O4. The number of nitrogens with one attached hydrogen (secondary N) is 1. The average molecular weight is 407 g/mol. The second kappa shape index (κ2) is 7.82. The van der Waals surface area contributed by atoms with E-state index in [-0.39, 0.29) is 24.1 Å². The SMILES string of the molecule is COc1cc(N[C@@H]2CC(=O)N(c3c(C)cccc3C)C2=O)ccc1N1CCCC1=O. The maximum atomic E-state index is 13.1. The number of imide groups is 1. The molecule has 2 aromatic carbocycles. The third-order valence-electron chi connectivity index (χ3n) is 5.69. The molecule has 156 valence electrons. The van der Waals surface area contributed by atoms with Gasteiger partial charge in [-0.1, -0.05) is 18.2 Å². The summed E-state index contributed by atoms with van der Waals surface area (Å²) in [7, 11) is 1.55. The maximum absolute atomic E-state index is 13.1. The minimum Gasteiger partial charge on any atom is -0.494 e. The van der Waals surface area contributed by atoms with Crippen LogP contribution in [0, 0.1) is 13.8 Å². The number of carbonyl (C=O) groups excluding carboxylic acids is 3. The molecule has 7 heteroatoms. The van der Waals surface area contributed by atoms with Gasteiger partial charge in [0.2, 0.25) is 11.8 Å². The van der Waals surface area contributed by atoms with Crippen molar-refractivity contribution in [2.24, 2.45) is 0 Å². The minimum atomic E-state index is -0.652. The summed E-state index contributed by atoms with van der Waals surface area (Å²) in [6.07, 6.45) is 1.45. The Morgan fingerprint density at radius 2 is 1.77 bits per heavy atom. The van der Waals surface area contributed by atoms with Gasteiger partial charge in [-0.25, -0.2) is 4.90 Å². The van der Waals surface area contributed by atoms with Crippen LogP contribution in [0.2, 0.25) is 0 Å². The fourth-order valence-corrected chi connectivity index (χ4v) is 4.23. The lowest BCUT2D eigenvalue weighted by atomic mass is 10.1. The Bertz CT molecular complexity index is 1010. The van der Waals surface area contributed by atoms with E-state index >= 15 is 0 Å². The summed E-state index contributed by atoms with van der Waals surface area (Å²) in [4.78, 5) is 40.8. The molecule has 0 aromatic heterocycles. The Labute approximate surface area is 175 Å².